The van der Waals surface area contributed by atoms with Crippen LogP contribution in [0.15, 0.2) is 42.5 Å². The van der Waals surface area contributed by atoms with E-state index in [0.717, 1.165) is 41.3 Å². The zero-order chi connectivity index (χ0) is 25.9. The van der Waals surface area contributed by atoms with Crippen molar-refractivity contribution < 1.29 is 19.4 Å². The highest BCUT2D eigenvalue weighted by Crippen LogP contribution is 2.29. The van der Waals surface area contributed by atoms with Gasteiger partial charge in [0, 0.05) is 25.8 Å². The van der Waals surface area contributed by atoms with Crippen molar-refractivity contribution in [2.24, 2.45) is 5.92 Å². The Labute approximate surface area is 216 Å². The molecule has 1 amide bonds. The molecule has 0 radical (unpaired) electrons. The number of rotatable bonds is 13. The number of hydrogen-bond acceptors (Lipinski definition) is 4. The average Bonchev–Trinajstić information content (AvgIpc) is 2.87. The molecule has 1 atom stereocenters. The molecule has 0 aliphatic heterocycles. The van der Waals surface area contributed by atoms with Crippen molar-refractivity contribution in [3.8, 4) is 11.1 Å². The van der Waals surface area contributed by atoms with Gasteiger partial charge in [-0.3, -0.25) is 4.79 Å². The first-order valence-electron chi connectivity index (χ1n) is 13.3. The van der Waals surface area contributed by atoms with Gasteiger partial charge in [0.15, 0.2) is 0 Å². The van der Waals surface area contributed by atoms with Gasteiger partial charge >= 0.3 is 5.97 Å². The van der Waals surface area contributed by atoms with E-state index in [0.29, 0.717) is 25.0 Å². The van der Waals surface area contributed by atoms with E-state index in [4.69, 9.17) is 4.74 Å². The number of ether oxygens (including phenoxy) is 1. The maximum absolute atomic E-state index is 13.3. The Morgan fingerprint density at radius 1 is 1.11 bits per heavy atom. The fraction of sp³-hybridized carbons (Fsp3) is 0.533. The minimum atomic E-state index is -1.03. The molecule has 2 N–H and O–H groups in total. The molecule has 0 aromatic heterocycles. The van der Waals surface area contributed by atoms with Gasteiger partial charge in [0.1, 0.15) is 6.04 Å². The van der Waals surface area contributed by atoms with Crippen molar-refractivity contribution in [3.63, 3.8) is 0 Å². The number of nitrogens with one attached hydrogen (secondary N) is 1. The first-order valence-corrected chi connectivity index (χ1v) is 13.3. The smallest absolute Gasteiger partial charge is 0.326 e. The number of carbonyl (C=O) groups is 2. The zero-order valence-electron chi connectivity index (χ0n) is 22.1. The normalized spacial score (nSPS) is 15.1. The first kappa shape index (κ1) is 27.9. The second-order valence-corrected chi connectivity index (χ2v) is 10.2. The molecule has 2 aromatic carbocycles. The number of benzene rings is 2. The van der Waals surface area contributed by atoms with Gasteiger partial charge in [0.25, 0.3) is 5.91 Å². The molecule has 196 valence electrons. The molecule has 0 unspecified atom stereocenters. The van der Waals surface area contributed by atoms with Gasteiger partial charge in [0.05, 0.1) is 0 Å². The van der Waals surface area contributed by atoms with Crippen LogP contribution >= 0.6 is 0 Å². The highest BCUT2D eigenvalue weighted by molar-refractivity contribution is 6.02. The van der Waals surface area contributed by atoms with E-state index in [-0.39, 0.29) is 5.91 Å². The Morgan fingerprint density at radius 2 is 1.86 bits per heavy atom. The van der Waals surface area contributed by atoms with Crippen LogP contribution < -0.4 is 5.32 Å². The van der Waals surface area contributed by atoms with Crippen LogP contribution in [0.5, 0.6) is 0 Å². The van der Waals surface area contributed by atoms with E-state index in [1.165, 1.54) is 38.5 Å². The van der Waals surface area contributed by atoms with Crippen molar-refractivity contribution in [2.45, 2.75) is 70.9 Å². The molecule has 1 aliphatic rings. The summed E-state index contributed by atoms with van der Waals surface area (Å²) in [6.45, 7) is 4.36. The van der Waals surface area contributed by atoms with Gasteiger partial charge in [-0.25, -0.2) is 4.79 Å². The van der Waals surface area contributed by atoms with Crippen LogP contribution in [0.25, 0.3) is 11.1 Å². The summed E-state index contributed by atoms with van der Waals surface area (Å²) >= 11 is 0. The molecule has 3 rings (SSSR count). The van der Waals surface area contributed by atoms with Gasteiger partial charge < -0.3 is 20.1 Å². The Balaban J connectivity index is 1.78. The number of nitrogens with zero attached hydrogens (tertiary/aromatic N) is 1. The molecule has 0 spiro atoms. The van der Waals surface area contributed by atoms with Crippen LogP contribution in [0.3, 0.4) is 0 Å². The maximum atomic E-state index is 13.3. The molecule has 0 bridgehead atoms. The number of aliphatic carboxylic acids is 1. The molecule has 1 saturated carbocycles. The first-order chi connectivity index (χ1) is 17.4. The van der Waals surface area contributed by atoms with Gasteiger partial charge in [-0.2, -0.15) is 0 Å². The topological polar surface area (TPSA) is 78.9 Å². The van der Waals surface area contributed by atoms with Gasteiger partial charge in [-0.1, -0.05) is 62.4 Å². The fourth-order valence-corrected chi connectivity index (χ4v) is 5.18. The maximum Gasteiger partial charge on any atom is 0.326 e. The number of amides is 1. The van der Waals surface area contributed by atoms with Crippen LogP contribution in [0.2, 0.25) is 0 Å². The molecule has 0 heterocycles. The van der Waals surface area contributed by atoms with Crippen LogP contribution in [0, 0.1) is 12.8 Å². The standard InChI is InChI=1S/C30H42N2O4/c1-22-10-7-8-13-25(22)27-20-24(21-32(2)18-17-23-11-5-4-6-12-23)15-16-26(27)29(33)31-28(30(34)35)14-9-19-36-3/h7-8,10,13,15-16,20,23,28H,4-6,9,11-12,14,17-19,21H2,1-3H3,(H,31,33)(H,34,35)/t28-/m0/s1. The minimum absolute atomic E-state index is 0.318. The van der Waals surface area contributed by atoms with Gasteiger partial charge in [-0.05, 0) is 80.1 Å². The summed E-state index contributed by atoms with van der Waals surface area (Å²) in [6, 6.07) is 13.0. The molecular weight excluding hydrogens is 452 g/mol. The number of methoxy groups -OCH3 is 1. The summed E-state index contributed by atoms with van der Waals surface area (Å²) in [4.78, 5) is 27.4. The predicted octanol–water partition coefficient (Wildman–Crippen LogP) is 5.67. The number of aryl methyl sites for hydroxylation is 1. The van der Waals surface area contributed by atoms with E-state index in [1.807, 2.05) is 43.3 Å². The molecule has 36 heavy (non-hydrogen) atoms. The minimum Gasteiger partial charge on any atom is -0.480 e. The fourth-order valence-electron chi connectivity index (χ4n) is 5.18. The summed E-state index contributed by atoms with van der Waals surface area (Å²) in [6.07, 6.45) is 8.95. The molecular formula is C30H42N2O4. The molecule has 2 aromatic rings. The number of carboxylic acids is 1. The Bertz CT molecular complexity index is 1000. The van der Waals surface area contributed by atoms with Crippen molar-refractivity contribution in [1.82, 2.24) is 10.2 Å². The van der Waals surface area contributed by atoms with Crippen molar-refractivity contribution in [3.05, 3.63) is 59.2 Å². The lowest BCUT2D eigenvalue weighted by Gasteiger charge is -2.25. The van der Waals surface area contributed by atoms with Crippen LogP contribution in [0.4, 0.5) is 0 Å². The van der Waals surface area contributed by atoms with E-state index in [2.05, 4.69) is 23.3 Å². The van der Waals surface area contributed by atoms with E-state index >= 15 is 0 Å². The lowest BCUT2D eigenvalue weighted by atomic mass is 9.87. The highest BCUT2D eigenvalue weighted by Gasteiger charge is 2.23. The molecule has 1 aliphatic carbocycles. The van der Waals surface area contributed by atoms with E-state index in [1.54, 1.807) is 7.11 Å². The number of carbonyl (C=O) groups excluding carboxylic acids is 1. The van der Waals surface area contributed by atoms with E-state index < -0.39 is 12.0 Å². The lowest BCUT2D eigenvalue weighted by Crippen LogP contribution is -2.41. The molecule has 0 saturated heterocycles. The van der Waals surface area contributed by atoms with Gasteiger partial charge in [0.2, 0.25) is 0 Å². The van der Waals surface area contributed by atoms with Crippen molar-refractivity contribution in [2.75, 3.05) is 27.3 Å². The van der Waals surface area contributed by atoms with Crippen LogP contribution in [-0.4, -0.2) is 55.2 Å². The molecule has 6 heteroatoms. The van der Waals surface area contributed by atoms with E-state index in [9.17, 15) is 14.7 Å². The number of carboxylic acid groups (broad SMARTS) is 1. The SMILES string of the molecule is COCCC[C@H](NC(=O)c1ccc(CN(C)CCC2CCCCC2)cc1-c1ccccc1C)C(=O)O. The summed E-state index contributed by atoms with van der Waals surface area (Å²) < 4.78 is 5.04. The third kappa shape index (κ3) is 8.17. The summed E-state index contributed by atoms with van der Waals surface area (Å²) in [7, 11) is 3.74. The quantitative estimate of drug-likeness (QED) is 0.351. The van der Waals surface area contributed by atoms with Gasteiger partial charge in [-0.15, -0.1) is 0 Å². The number of hydrogen-bond donors (Lipinski definition) is 2. The lowest BCUT2D eigenvalue weighted by molar-refractivity contribution is -0.139. The monoisotopic (exact) mass is 494 g/mol. The summed E-state index contributed by atoms with van der Waals surface area (Å²) in [5, 5.41) is 12.4. The Morgan fingerprint density at radius 3 is 2.56 bits per heavy atom. The Hall–Kier alpha value is -2.70. The molecule has 6 nitrogen and oxygen atoms in total. The Kier molecular flexibility index (Phi) is 11.0. The largest absolute Gasteiger partial charge is 0.480 e. The third-order valence-corrected chi connectivity index (χ3v) is 7.30. The predicted molar refractivity (Wildman–Crippen MR) is 144 cm³/mol. The van der Waals surface area contributed by atoms with Crippen LogP contribution in [-0.2, 0) is 16.1 Å². The van der Waals surface area contributed by atoms with Crippen molar-refractivity contribution in [1.29, 1.82) is 0 Å². The second-order valence-electron chi connectivity index (χ2n) is 10.2. The summed E-state index contributed by atoms with van der Waals surface area (Å²) in [5.41, 5.74) is 4.54. The average molecular weight is 495 g/mol. The summed E-state index contributed by atoms with van der Waals surface area (Å²) in [5.74, 6) is -0.552. The second kappa shape index (κ2) is 14.1. The third-order valence-electron chi connectivity index (χ3n) is 7.30. The van der Waals surface area contributed by atoms with Crippen LogP contribution in [0.1, 0.15) is 72.9 Å². The highest BCUT2D eigenvalue weighted by atomic mass is 16.5. The zero-order valence-corrected chi connectivity index (χ0v) is 22.1. The van der Waals surface area contributed by atoms with Crippen molar-refractivity contribution >= 4 is 11.9 Å². The molecule has 1 fully saturated rings.